The second kappa shape index (κ2) is 9.07. The summed E-state index contributed by atoms with van der Waals surface area (Å²) in [6.07, 6.45) is 1.05. The van der Waals surface area contributed by atoms with E-state index in [1.807, 2.05) is 0 Å². The summed E-state index contributed by atoms with van der Waals surface area (Å²) in [4.78, 5) is 32.6. The molecular formula is C17H16N4O7. The summed E-state index contributed by atoms with van der Waals surface area (Å²) >= 11 is 0. The van der Waals surface area contributed by atoms with E-state index in [2.05, 4.69) is 10.5 Å². The van der Waals surface area contributed by atoms with Crippen molar-refractivity contribution in [2.75, 3.05) is 14.2 Å². The Kier molecular flexibility index (Phi) is 6.58. The maximum absolute atomic E-state index is 11.9. The third-order valence-corrected chi connectivity index (χ3v) is 3.63. The molecule has 0 unspecified atom stereocenters. The Morgan fingerprint density at radius 3 is 2.21 bits per heavy atom. The van der Waals surface area contributed by atoms with Gasteiger partial charge in [0.2, 0.25) is 5.91 Å². The number of rotatable bonds is 8. The van der Waals surface area contributed by atoms with Crippen LogP contribution in [0.25, 0.3) is 0 Å². The molecule has 0 aliphatic carbocycles. The number of carbonyl (C=O) groups is 1. The smallest absolute Gasteiger partial charge is 0.282 e. The van der Waals surface area contributed by atoms with E-state index >= 15 is 0 Å². The SMILES string of the molecule is COc1cc(/C=N\NC(=O)Cc2ccc([N+](=O)[O-])cc2)c([N+](=O)[O-])cc1OC. The fourth-order valence-electron chi connectivity index (χ4n) is 2.28. The van der Waals surface area contributed by atoms with Gasteiger partial charge in [-0.15, -0.1) is 0 Å². The third-order valence-electron chi connectivity index (χ3n) is 3.63. The van der Waals surface area contributed by atoms with E-state index in [1.165, 1.54) is 50.6 Å². The quantitative estimate of drug-likeness (QED) is 0.414. The molecule has 2 aromatic carbocycles. The summed E-state index contributed by atoms with van der Waals surface area (Å²) in [6.45, 7) is 0. The van der Waals surface area contributed by atoms with Crippen molar-refractivity contribution >= 4 is 23.5 Å². The zero-order chi connectivity index (χ0) is 20.7. The number of nitrogens with zero attached hydrogens (tertiary/aromatic N) is 3. The van der Waals surface area contributed by atoms with Gasteiger partial charge in [-0.25, -0.2) is 5.43 Å². The molecule has 1 amide bonds. The Labute approximate surface area is 158 Å². The highest BCUT2D eigenvalue weighted by molar-refractivity contribution is 5.88. The van der Waals surface area contributed by atoms with Crippen molar-refractivity contribution < 1.29 is 24.1 Å². The molecule has 0 bridgehead atoms. The van der Waals surface area contributed by atoms with E-state index in [9.17, 15) is 25.0 Å². The molecule has 11 heteroatoms. The van der Waals surface area contributed by atoms with Gasteiger partial charge in [-0.05, 0) is 11.6 Å². The minimum absolute atomic E-state index is 0.0661. The van der Waals surface area contributed by atoms with Crippen molar-refractivity contribution in [1.29, 1.82) is 0 Å². The Bertz CT molecular complexity index is 926. The van der Waals surface area contributed by atoms with E-state index in [1.54, 1.807) is 0 Å². The lowest BCUT2D eigenvalue weighted by molar-refractivity contribution is -0.385. The van der Waals surface area contributed by atoms with Crippen LogP contribution in [-0.4, -0.2) is 36.2 Å². The second-order valence-electron chi connectivity index (χ2n) is 5.42. The molecule has 28 heavy (non-hydrogen) atoms. The zero-order valence-electron chi connectivity index (χ0n) is 14.9. The fraction of sp³-hybridized carbons (Fsp3) is 0.176. The lowest BCUT2D eigenvalue weighted by Crippen LogP contribution is -2.19. The molecule has 0 atom stereocenters. The molecule has 0 aliphatic heterocycles. The summed E-state index contributed by atoms with van der Waals surface area (Å²) < 4.78 is 10.1. The number of ether oxygens (including phenoxy) is 2. The molecule has 0 spiro atoms. The number of nitro groups is 2. The Morgan fingerprint density at radius 1 is 1.07 bits per heavy atom. The van der Waals surface area contributed by atoms with Gasteiger partial charge in [0.1, 0.15) is 0 Å². The third kappa shape index (κ3) is 5.00. The number of carbonyl (C=O) groups excluding carboxylic acids is 1. The first-order valence-corrected chi connectivity index (χ1v) is 7.81. The van der Waals surface area contributed by atoms with Crippen molar-refractivity contribution in [3.8, 4) is 11.5 Å². The molecule has 0 radical (unpaired) electrons. The summed E-state index contributed by atoms with van der Waals surface area (Å²) in [5.41, 5.74) is 2.56. The largest absolute Gasteiger partial charge is 0.493 e. The van der Waals surface area contributed by atoms with Gasteiger partial charge in [-0.1, -0.05) is 12.1 Å². The lowest BCUT2D eigenvalue weighted by atomic mass is 10.1. The predicted molar refractivity (Wildman–Crippen MR) is 98.7 cm³/mol. The maximum atomic E-state index is 11.9. The molecule has 0 saturated carbocycles. The highest BCUT2D eigenvalue weighted by Crippen LogP contribution is 2.33. The van der Waals surface area contributed by atoms with E-state index in [-0.39, 0.29) is 34.9 Å². The number of nitro benzene ring substituents is 2. The highest BCUT2D eigenvalue weighted by Gasteiger charge is 2.18. The highest BCUT2D eigenvalue weighted by atomic mass is 16.6. The van der Waals surface area contributed by atoms with Crippen molar-refractivity contribution in [2.24, 2.45) is 5.10 Å². The predicted octanol–water partition coefficient (Wildman–Crippen LogP) is 2.21. The molecule has 0 saturated heterocycles. The number of hydrazone groups is 1. The van der Waals surface area contributed by atoms with Crippen LogP contribution in [0.3, 0.4) is 0 Å². The first-order chi connectivity index (χ1) is 13.3. The number of non-ortho nitro benzene ring substituents is 1. The average Bonchev–Trinajstić information content (AvgIpc) is 2.67. The van der Waals surface area contributed by atoms with Crippen LogP contribution in [0.5, 0.6) is 11.5 Å². The van der Waals surface area contributed by atoms with Crippen LogP contribution >= 0.6 is 0 Å². The summed E-state index contributed by atoms with van der Waals surface area (Å²) in [7, 11) is 2.74. The molecule has 2 rings (SSSR count). The second-order valence-corrected chi connectivity index (χ2v) is 5.42. The monoisotopic (exact) mass is 388 g/mol. The van der Waals surface area contributed by atoms with Gasteiger partial charge in [0, 0.05) is 12.1 Å². The van der Waals surface area contributed by atoms with Crippen LogP contribution in [-0.2, 0) is 11.2 Å². The normalized spacial score (nSPS) is 10.5. The summed E-state index contributed by atoms with van der Waals surface area (Å²) in [6, 6.07) is 8.06. The first kappa shape index (κ1) is 20.3. The number of benzene rings is 2. The molecule has 11 nitrogen and oxygen atoms in total. The first-order valence-electron chi connectivity index (χ1n) is 7.81. The number of hydrogen-bond acceptors (Lipinski definition) is 8. The van der Waals surface area contributed by atoms with Gasteiger partial charge < -0.3 is 9.47 Å². The number of hydrogen-bond donors (Lipinski definition) is 1. The molecule has 2 aromatic rings. The molecule has 0 aromatic heterocycles. The summed E-state index contributed by atoms with van der Waals surface area (Å²) in [5.74, 6) is -0.0338. The van der Waals surface area contributed by atoms with Gasteiger partial charge >= 0.3 is 0 Å². The van der Waals surface area contributed by atoms with Crippen LogP contribution in [0.1, 0.15) is 11.1 Å². The molecule has 1 N–H and O–H groups in total. The van der Waals surface area contributed by atoms with Crippen LogP contribution in [0.4, 0.5) is 11.4 Å². The standard InChI is InChI=1S/C17H16N4O7/c1-27-15-8-12(14(21(25)26)9-16(15)28-2)10-18-19-17(22)7-11-3-5-13(6-4-11)20(23)24/h3-6,8-10H,7H2,1-2H3,(H,19,22)/b18-10-. The van der Waals surface area contributed by atoms with Crippen LogP contribution in [0.15, 0.2) is 41.5 Å². The average molecular weight is 388 g/mol. The molecule has 0 heterocycles. The topological polar surface area (TPSA) is 146 Å². The maximum Gasteiger partial charge on any atom is 0.282 e. The van der Waals surface area contributed by atoms with Gasteiger partial charge in [0.25, 0.3) is 11.4 Å². The fourth-order valence-corrected chi connectivity index (χ4v) is 2.28. The number of nitrogens with one attached hydrogen (secondary N) is 1. The Balaban J connectivity index is 2.09. The van der Waals surface area contributed by atoms with Crippen LogP contribution in [0.2, 0.25) is 0 Å². The Morgan fingerprint density at radius 2 is 1.68 bits per heavy atom. The lowest BCUT2D eigenvalue weighted by Gasteiger charge is -2.08. The van der Waals surface area contributed by atoms with E-state index < -0.39 is 15.8 Å². The van der Waals surface area contributed by atoms with Gasteiger partial charge in [0.05, 0.1) is 48.3 Å². The van der Waals surface area contributed by atoms with Crippen molar-refractivity contribution in [2.45, 2.75) is 6.42 Å². The van der Waals surface area contributed by atoms with Crippen LogP contribution in [0, 0.1) is 20.2 Å². The van der Waals surface area contributed by atoms with Crippen molar-refractivity contribution in [3.05, 3.63) is 67.8 Å². The van der Waals surface area contributed by atoms with E-state index in [4.69, 9.17) is 9.47 Å². The minimum Gasteiger partial charge on any atom is -0.493 e. The van der Waals surface area contributed by atoms with Gasteiger partial charge in [-0.2, -0.15) is 5.10 Å². The van der Waals surface area contributed by atoms with Crippen molar-refractivity contribution in [3.63, 3.8) is 0 Å². The minimum atomic E-state index is -0.609. The summed E-state index contributed by atoms with van der Waals surface area (Å²) in [5, 5.41) is 25.6. The van der Waals surface area contributed by atoms with E-state index in [0.717, 1.165) is 6.21 Å². The van der Waals surface area contributed by atoms with Gasteiger partial charge in [0.15, 0.2) is 11.5 Å². The van der Waals surface area contributed by atoms with E-state index in [0.29, 0.717) is 5.56 Å². The number of amides is 1. The van der Waals surface area contributed by atoms with Gasteiger partial charge in [-0.3, -0.25) is 25.0 Å². The molecule has 0 fully saturated rings. The molecule has 146 valence electrons. The zero-order valence-corrected chi connectivity index (χ0v) is 14.9. The number of methoxy groups -OCH3 is 2. The van der Waals surface area contributed by atoms with Crippen molar-refractivity contribution in [1.82, 2.24) is 5.43 Å². The van der Waals surface area contributed by atoms with Crippen LogP contribution < -0.4 is 14.9 Å². The molecular weight excluding hydrogens is 372 g/mol. The Hall–Kier alpha value is -4.02. The molecule has 0 aliphatic rings.